The van der Waals surface area contributed by atoms with Crippen molar-refractivity contribution < 1.29 is 34.7 Å². The summed E-state index contributed by atoms with van der Waals surface area (Å²) >= 11 is -3.81. The molecule has 0 heterocycles. The summed E-state index contributed by atoms with van der Waals surface area (Å²) in [6.45, 7) is 0.0873. The first kappa shape index (κ1) is 17.7. The summed E-state index contributed by atoms with van der Waals surface area (Å²) in [7, 11) is -3.75. The highest BCUT2D eigenvalue weighted by atomic mass is 32.2. The maximum absolute atomic E-state index is 13.8. The van der Waals surface area contributed by atoms with Gasteiger partial charge in [-0.15, -0.1) is 0 Å². The third-order valence-corrected chi connectivity index (χ3v) is 4.89. The van der Waals surface area contributed by atoms with Crippen molar-refractivity contribution in [1.82, 2.24) is 4.72 Å². The Balaban J connectivity index is 5.53. The molecular weight excluding hydrogens is 302 g/mol. The molecule has 1 N–H and O–H groups in total. The maximum atomic E-state index is 13.8. The van der Waals surface area contributed by atoms with Crippen molar-refractivity contribution >= 4 is 21.1 Å². The van der Waals surface area contributed by atoms with E-state index in [0.717, 1.165) is 7.05 Å². The summed E-state index contributed by atoms with van der Waals surface area (Å²) in [5.41, 5.74) is -4.21. The minimum Gasteiger partial charge on any atom is -0.770 e. The average molecular weight is 314 g/mol. The predicted molar refractivity (Wildman–Crippen MR) is 55.7 cm³/mol. The maximum Gasteiger partial charge on any atom is 0.300 e. The minimum atomic E-state index is -4.74. The van der Waals surface area contributed by atoms with Crippen LogP contribution in [0.1, 0.15) is 13.8 Å². The first-order valence-corrected chi connectivity index (χ1v) is 7.20. The lowest BCUT2D eigenvalue weighted by Gasteiger charge is -2.39. The van der Waals surface area contributed by atoms with Gasteiger partial charge in [0.2, 0.25) is 20.7 Å². The molecule has 0 aromatic heterocycles. The van der Waals surface area contributed by atoms with Gasteiger partial charge in [-0.05, 0) is 32.0 Å². The van der Waals surface area contributed by atoms with Crippen LogP contribution in [0.2, 0.25) is 0 Å². The van der Waals surface area contributed by atoms with Crippen LogP contribution >= 0.6 is 0 Å². The molecule has 0 aromatic carbocycles. The number of rotatable bonds is 6. The number of halogens is 4. The third kappa shape index (κ3) is 3.19. The Labute approximate surface area is 104 Å². The van der Waals surface area contributed by atoms with E-state index < -0.39 is 43.4 Å². The number of alkyl halides is 4. The quantitative estimate of drug-likeness (QED) is 0.570. The van der Waals surface area contributed by atoms with E-state index in [1.165, 1.54) is 4.72 Å². The minimum absolute atomic E-state index is 0.00597. The van der Waals surface area contributed by atoms with Gasteiger partial charge in [-0.3, -0.25) is 4.21 Å². The molecule has 3 unspecified atom stereocenters. The summed E-state index contributed by atoms with van der Waals surface area (Å²) in [6, 6.07) is 0. The molecule has 0 aromatic rings. The van der Waals surface area contributed by atoms with E-state index in [2.05, 4.69) is 0 Å². The van der Waals surface area contributed by atoms with Gasteiger partial charge in [0.15, 0.2) is 0 Å². The topological polar surface area (TPSA) is 86.3 Å². The number of nitrogens with one attached hydrogen (secondary N) is 1. The highest BCUT2D eigenvalue weighted by Gasteiger charge is 2.65. The Morgan fingerprint density at radius 3 is 1.89 bits per heavy atom. The summed E-state index contributed by atoms with van der Waals surface area (Å²) in [5.74, 6) is -6.81. The molecule has 0 saturated heterocycles. The van der Waals surface area contributed by atoms with E-state index in [0.29, 0.717) is 0 Å². The zero-order valence-corrected chi connectivity index (χ0v) is 11.3. The normalized spacial score (nSPS) is 22.0. The van der Waals surface area contributed by atoms with Crippen LogP contribution in [-0.4, -0.2) is 46.6 Å². The van der Waals surface area contributed by atoms with Crippen molar-refractivity contribution in [2.75, 3.05) is 12.8 Å². The molecule has 0 fully saturated rings. The van der Waals surface area contributed by atoms with Crippen molar-refractivity contribution in [3.63, 3.8) is 0 Å². The van der Waals surface area contributed by atoms with E-state index in [4.69, 9.17) is 0 Å². The second-order valence-electron chi connectivity index (χ2n) is 3.82. The van der Waals surface area contributed by atoms with Gasteiger partial charge in [-0.1, -0.05) is 0 Å². The lowest BCUT2D eigenvalue weighted by Crippen LogP contribution is -2.60. The standard InChI is InChI=1S/C7H13F4NO4S2/c1-5(8,6(2,9)17(13)14)7(10,11)4-18(15,16)12-3/h12H,4H2,1-3H3,(H,13,14)/p-1. The molecule has 0 rings (SSSR count). The van der Waals surface area contributed by atoms with Gasteiger partial charge in [-0.2, -0.15) is 0 Å². The fourth-order valence-electron chi connectivity index (χ4n) is 0.930. The van der Waals surface area contributed by atoms with Crippen LogP contribution in [0.5, 0.6) is 0 Å². The highest BCUT2D eigenvalue weighted by molar-refractivity contribution is 7.89. The molecular formula is C7H12F4NO4S2-. The van der Waals surface area contributed by atoms with Crippen LogP contribution in [0.4, 0.5) is 17.6 Å². The SMILES string of the molecule is CNS(=O)(=O)CC(F)(F)C(C)(F)C(C)(F)S(=O)[O-]. The molecule has 0 aliphatic carbocycles. The third-order valence-electron chi connectivity index (χ3n) is 2.52. The molecule has 18 heavy (non-hydrogen) atoms. The molecule has 0 spiro atoms. The Hall–Kier alpha value is -0.260. The monoisotopic (exact) mass is 314 g/mol. The number of hydrogen-bond acceptors (Lipinski definition) is 4. The van der Waals surface area contributed by atoms with Gasteiger partial charge in [0.05, 0.1) is 0 Å². The summed E-state index contributed by atoms with van der Waals surface area (Å²) in [4.78, 5) is 0. The van der Waals surface area contributed by atoms with Gasteiger partial charge < -0.3 is 4.55 Å². The molecule has 11 heteroatoms. The average Bonchev–Trinajstić information content (AvgIpc) is 2.15. The van der Waals surface area contributed by atoms with Crippen molar-refractivity contribution in [2.45, 2.75) is 30.4 Å². The van der Waals surface area contributed by atoms with E-state index in [1.54, 1.807) is 0 Å². The van der Waals surface area contributed by atoms with Crippen LogP contribution in [0.15, 0.2) is 0 Å². The molecule has 0 aliphatic heterocycles. The smallest absolute Gasteiger partial charge is 0.300 e. The van der Waals surface area contributed by atoms with E-state index >= 15 is 0 Å². The van der Waals surface area contributed by atoms with Crippen LogP contribution in [0.3, 0.4) is 0 Å². The summed E-state index contributed by atoms with van der Waals surface area (Å²) in [6.07, 6.45) is 0. The zero-order chi connectivity index (χ0) is 15.0. The molecule has 0 saturated carbocycles. The lowest BCUT2D eigenvalue weighted by atomic mass is 9.96. The second-order valence-corrected chi connectivity index (χ2v) is 6.98. The fraction of sp³-hybridized carbons (Fsp3) is 1.00. The predicted octanol–water partition coefficient (Wildman–Crippen LogP) is 0.464. The second kappa shape index (κ2) is 5.02. The molecule has 0 aliphatic rings. The van der Waals surface area contributed by atoms with Crippen molar-refractivity contribution in [3.8, 4) is 0 Å². The van der Waals surface area contributed by atoms with Crippen molar-refractivity contribution in [3.05, 3.63) is 0 Å². The Kier molecular flexibility index (Phi) is 4.95. The fourth-order valence-corrected chi connectivity index (χ4v) is 2.28. The van der Waals surface area contributed by atoms with Gasteiger partial charge in [-0.25, -0.2) is 30.7 Å². The van der Waals surface area contributed by atoms with Crippen LogP contribution in [-0.2, 0) is 21.1 Å². The van der Waals surface area contributed by atoms with Crippen LogP contribution < -0.4 is 4.72 Å². The first-order chi connectivity index (χ1) is 7.71. The van der Waals surface area contributed by atoms with Gasteiger partial charge >= 0.3 is 0 Å². The molecule has 5 nitrogen and oxygen atoms in total. The van der Waals surface area contributed by atoms with E-state index in [9.17, 15) is 34.7 Å². The molecule has 0 amide bonds. The van der Waals surface area contributed by atoms with Crippen molar-refractivity contribution in [2.24, 2.45) is 0 Å². The van der Waals surface area contributed by atoms with E-state index in [-0.39, 0.29) is 13.8 Å². The highest BCUT2D eigenvalue weighted by Crippen LogP contribution is 2.44. The number of sulfonamides is 1. The van der Waals surface area contributed by atoms with Crippen LogP contribution in [0.25, 0.3) is 0 Å². The summed E-state index contributed by atoms with van der Waals surface area (Å²) < 4.78 is 98.3. The largest absolute Gasteiger partial charge is 0.770 e. The molecule has 3 atom stereocenters. The van der Waals surface area contributed by atoms with Crippen LogP contribution in [0, 0.1) is 0 Å². The Morgan fingerprint density at radius 2 is 1.61 bits per heavy atom. The molecule has 110 valence electrons. The summed E-state index contributed by atoms with van der Waals surface area (Å²) in [5, 5.41) is -3.94. The van der Waals surface area contributed by atoms with E-state index in [1.807, 2.05) is 0 Å². The van der Waals surface area contributed by atoms with Crippen molar-refractivity contribution in [1.29, 1.82) is 0 Å². The number of hydrogen-bond donors (Lipinski definition) is 1. The van der Waals surface area contributed by atoms with Gasteiger partial charge in [0.1, 0.15) is 5.75 Å². The van der Waals surface area contributed by atoms with Gasteiger partial charge in [0.25, 0.3) is 5.92 Å². The molecule has 0 bridgehead atoms. The lowest BCUT2D eigenvalue weighted by molar-refractivity contribution is -0.153. The Bertz CT molecular complexity index is 435. The first-order valence-electron chi connectivity index (χ1n) is 4.47. The Morgan fingerprint density at radius 1 is 1.22 bits per heavy atom. The van der Waals surface area contributed by atoms with Gasteiger partial charge in [0, 0.05) is 0 Å². The zero-order valence-electron chi connectivity index (χ0n) is 9.67. The molecule has 0 radical (unpaired) electrons.